The number of carbonyl (C=O) groups is 2. The van der Waals surface area contributed by atoms with Gasteiger partial charge in [0.15, 0.2) is 5.16 Å². The van der Waals surface area contributed by atoms with Gasteiger partial charge in [0.1, 0.15) is 11.9 Å². The van der Waals surface area contributed by atoms with Crippen molar-refractivity contribution in [2.45, 2.75) is 17.3 Å². The van der Waals surface area contributed by atoms with Gasteiger partial charge >= 0.3 is 6.16 Å². The molecule has 0 aliphatic rings. The number of aromatic nitrogens is 2. The lowest BCUT2D eigenvalue weighted by atomic mass is 10.3. The smallest absolute Gasteiger partial charge is 0.450 e. The van der Waals surface area contributed by atoms with E-state index in [-0.39, 0.29) is 12.5 Å². The van der Waals surface area contributed by atoms with E-state index in [1.807, 2.05) is 24.3 Å². The maximum Gasteiger partial charge on any atom is 0.505 e. The average Bonchev–Trinajstić information content (AvgIpc) is 2.85. The third kappa shape index (κ3) is 4.12. The molecule has 1 atom stereocenters. The molecule has 7 nitrogen and oxygen atoms in total. The summed E-state index contributed by atoms with van der Waals surface area (Å²) in [5.41, 5.74) is 1.64. The summed E-state index contributed by atoms with van der Waals surface area (Å²) in [5, 5.41) is 11.1. The van der Waals surface area contributed by atoms with Gasteiger partial charge in [0.2, 0.25) is 5.91 Å². The number of H-pyrrole nitrogens is 1. The molecule has 1 aromatic heterocycles. The van der Waals surface area contributed by atoms with Crippen LogP contribution in [0.15, 0.2) is 29.4 Å². The topological polar surface area (TPSA) is 104 Å². The molecule has 1 unspecified atom stereocenters. The van der Waals surface area contributed by atoms with Crippen molar-refractivity contribution in [1.82, 2.24) is 15.3 Å². The third-order valence-electron chi connectivity index (χ3n) is 2.62. The molecule has 0 fully saturated rings. The number of hydrogen-bond donors (Lipinski definition) is 3. The SMILES string of the molecule is CCNC(=O)C(COC(=O)O)Sc1nc2ccccc2[nH]1. The zero-order chi connectivity index (χ0) is 15.2. The molecule has 0 saturated carbocycles. The predicted molar refractivity (Wildman–Crippen MR) is 78.4 cm³/mol. The van der Waals surface area contributed by atoms with Crippen LogP contribution in [0.1, 0.15) is 6.92 Å². The molecule has 1 amide bonds. The summed E-state index contributed by atoms with van der Waals surface area (Å²) in [6.07, 6.45) is -1.41. The predicted octanol–water partition coefficient (Wildman–Crippen LogP) is 1.85. The van der Waals surface area contributed by atoms with Gasteiger partial charge in [-0.25, -0.2) is 9.78 Å². The average molecular weight is 309 g/mol. The number of carboxylic acid groups (broad SMARTS) is 1. The van der Waals surface area contributed by atoms with Gasteiger partial charge in [0, 0.05) is 6.54 Å². The zero-order valence-corrected chi connectivity index (χ0v) is 12.1. The standard InChI is InChI=1S/C13H15N3O4S/c1-2-14-11(17)10(7-20-13(18)19)21-12-15-8-5-3-4-6-9(8)16-12/h3-6,10H,2,7H2,1H3,(H,14,17)(H,15,16)(H,18,19). The normalized spacial score (nSPS) is 12.0. The Morgan fingerprint density at radius 2 is 2.24 bits per heavy atom. The maximum absolute atomic E-state index is 11.9. The minimum absolute atomic E-state index is 0.233. The Hall–Kier alpha value is -2.22. The Kier molecular flexibility index (Phi) is 5.04. The number of nitrogens with zero attached hydrogens (tertiary/aromatic N) is 1. The van der Waals surface area contributed by atoms with Crippen molar-refractivity contribution in [2.75, 3.05) is 13.2 Å². The quantitative estimate of drug-likeness (QED) is 0.556. The monoisotopic (exact) mass is 309 g/mol. The number of aromatic amines is 1. The highest BCUT2D eigenvalue weighted by Gasteiger charge is 2.23. The molecule has 0 spiro atoms. The minimum Gasteiger partial charge on any atom is -0.450 e. The van der Waals surface area contributed by atoms with E-state index in [2.05, 4.69) is 20.0 Å². The van der Waals surface area contributed by atoms with Crippen LogP contribution < -0.4 is 5.32 Å². The number of amides is 1. The molecule has 2 aromatic rings. The van der Waals surface area contributed by atoms with Crippen molar-refractivity contribution in [2.24, 2.45) is 0 Å². The van der Waals surface area contributed by atoms with Crippen LogP contribution in [0.2, 0.25) is 0 Å². The number of benzene rings is 1. The van der Waals surface area contributed by atoms with E-state index in [0.29, 0.717) is 11.7 Å². The number of carbonyl (C=O) groups excluding carboxylic acids is 1. The largest absolute Gasteiger partial charge is 0.505 e. The summed E-state index contributed by atoms with van der Waals surface area (Å²) >= 11 is 1.14. The molecule has 0 saturated heterocycles. The fourth-order valence-corrected chi connectivity index (χ4v) is 2.63. The molecule has 112 valence electrons. The van der Waals surface area contributed by atoms with Crippen LogP contribution in [0.4, 0.5) is 4.79 Å². The number of para-hydroxylation sites is 2. The Bertz CT molecular complexity index is 610. The number of nitrogens with one attached hydrogen (secondary N) is 2. The third-order valence-corrected chi connectivity index (χ3v) is 3.67. The molecule has 3 N–H and O–H groups in total. The molecule has 1 heterocycles. The van der Waals surface area contributed by atoms with Crippen molar-refractivity contribution in [3.8, 4) is 0 Å². The zero-order valence-electron chi connectivity index (χ0n) is 11.3. The first-order chi connectivity index (χ1) is 10.1. The summed E-state index contributed by atoms with van der Waals surface area (Å²) in [6.45, 7) is 2.02. The van der Waals surface area contributed by atoms with Crippen molar-refractivity contribution >= 4 is 34.9 Å². The van der Waals surface area contributed by atoms with E-state index in [4.69, 9.17) is 5.11 Å². The minimum atomic E-state index is -1.41. The number of ether oxygens (including phenoxy) is 1. The second kappa shape index (κ2) is 6.98. The fourth-order valence-electron chi connectivity index (χ4n) is 1.72. The lowest BCUT2D eigenvalue weighted by molar-refractivity contribution is -0.121. The second-order valence-corrected chi connectivity index (χ2v) is 5.33. The van der Waals surface area contributed by atoms with E-state index >= 15 is 0 Å². The number of rotatable bonds is 6. The van der Waals surface area contributed by atoms with Gasteiger partial charge < -0.3 is 20.1 Å². The Morgan fingerprint density at radius 3 is 2.90 bits per heavy atom. The van der Waals surface area contributed by atoms with Crippen molar-refractivity contribution in [3.05, 3.63) is 24.3 Å². The van der Waals surface area contributed by atoms with Crippen molar-refractivity contribution in [1.29, 1.82) is 0 Å². The molecule has 0 radical (unpaired) electrons. The van der Waals surface area contributed by atoms with E-state index in [0.717, 1.165) is 22.8 Å². The van der Waals surface area contributed by atoms with E-state index < -0.39 is 11.4 Å². The molecule has 0 bridgehead atoms. The van der Waals surface area contributed by atoms with Gasteiger partial charge in [-0.15, -0.1) is 0 Å². The summed E-state index contributed by atoms with van der Waals surface area (Å²) < 4.78 is 4.51. The second-order valence-electron chi connectivity index (χ2n) is 4.14. The molecular formula is C13H15N3O4S. The van der Waals surface area contributed by atoms with Gasteiger partial charge in [0.05, 0.1) is 11.0 Å². The lowest BCUT2D eigenvalue weighted by Gasteiger charge is -2.13. The highest BCUT2D eigenvalue weighted by molar-refractivity contribution is 8.00. The van der Waals surface area contributed by atoms with Gasteiger partial charge in [0.25, 0.3) is 0 Å². The lowest BCUT2D eigenvalue weighted by Crippen LogP contribution is -2.35. The van der Waals surface area contributed by atoms with E-state index in [1.54, 1.807) is 6.92 Å². The molecule has 2 rings (SSSR count). The Balaban J connectivity index is 2.12. The number of hydrogen-bond acceptors (Lipinski definition) is 5. The maximum atomic E-state index is 11.9. The summed E-state index contributed by atoms with van der Waals surface area (Å²) in [6, 6.07) is 7.47. The Labute approximate surface area is 125 Å². The van der Waals surface area contributed by atoms with Crippen LogP contribution >= 0.6 is 11.8 Å². The van der Waals surface area contributed by atoms with Gasteiger partial charge in [-0.2, -0.15) is 0 Å². The summed E-state index contributed by atoms with van der Waals surface area (Å²) in [4.78, 5) is 29.8. The first-order valence-corrected chi connectivity index (χ1v) is 7.23. The molecule has 8 heteroatoms. The Morgan fingerprint density at radius 1 is 1.48 bits per heavy atom. The highest BCUT2D eigenvalue weighted by Crippen LogP contribution is 2.24. The van der Waals surface area contributed by atoms with Crippen LogP contribution in [-0.4, -0.2) is 45.5 Å². The van der Waals surface area contributed by atoms with Gasteiger partial charge in [-0.1, -0.05) is 23.9 Å². The van der Waals surface area contributed by atoms with Crippen LogP contribution in [0.5, 0.6) is 0 Å². The molecule has 0 aliphatic carbocycles. The first-order valence-electron chi connectivity index (χ1n) is 6.35. The van der Waals surface area contributed by atoms with Crippen LogP contribution in [0.25, 0.3) is 11.0 Å². The van der Waals surface area contributed by atoms with Crippen molar-refractivity contribution < 1.29 is 19.4 Å². The number of fused-ring (bicyclic) bond motifs is 1. The molecule has 1 aromatic carbocycles. The highest BCUT2D eigenvalue weighted by atomic mass is 32.2. The number of imidazole rings is 1. The van der Waals surface area contributed by atoms with Gasteiger partial charge in [-0.3, -0.25) is 4.79 Å². The van der Waals surface area contributed by atoms with Gasteiger partial charge in [-0.05, 0) is 19.1 Å². The van der Waals surface area contributed by atoms with Crippen LogP contribution in [-0.2, 0) is 9.53 Å². The summed E-state index contributed by atoms with van der Waals surface area (Å²) in [7, 11) is 0. The molecular weight excluding hydrogens is 294 g/mol. The fraction of sp³-hybridized carbons (Fsp3) is 0.308. The van der Waals surface area contributed by atoms with Crippen molar-refractivity contribution in [3.63, 3.8) is 0 Å². The molecule has 0 aliphatic heterocycles. The van der Waals surface area contributed by atoms with Crippen LogP contribution in [0.3, 0.4) is 0 Å². The number of thioether (sulfide) groups is 1. The first kappa shape index (κ1) is 15.2. The molecule has 21 heavy (non-hydrogen) atoms. The van der Waals surface area contributed by atoms with E-state index in [9.17, 15) is 9.59 Å². The summed E-state index contributed by atoms with van der Waals surface area (Å²) in [5.74, 6) is -0.288. The van der Waals surface area contributed by atoms with Crippen LogP contribution in [0, 0.1) is 0 Å². The van der Waals surface area contributed by atoms with E-state index in [1.165, 1.54) is 0 Å².